The zero-order valence-corrected chi connectivity index (χ0v) is 10.9. The summed E-state index contributed by atoms with van der Waals surface area (Å²) in [4.78, 5) is 3.58. The van der Waals surface area contributed by atoms with E-state index < -0.39 is 20.9 Å². The van der Waals surface area contributed by atoms with E-state index in [1.165, 1.54) is 25.4 Å². The third-order valence-electron chi connectivity index (χ3n) is 2.61. The number of pyridine rings is 1. The summed E-state index contributed by atoms with van der Waals surface area (Å²) in [7, 11) is -2.78. The van der Waals surface area contributed by atoms with Gasteiger partial charge in [0, 0.05) is 13.2 Å². The van der Waals surface area contributed by atoms with Crippen LogP contribution in [0.3, 0.4) is 0 Å². The van der Waals surface area contributed by atoms with E-state index in [1.807, 2.05) is 0 Å². The number of nitrogens with two attached hydrogens (primary N) is 1. The summed E-state index contributed by atoms with van der Waals surface area (Å²) in [6.45, 7) is 0. The van der Waals surface area contributed by atoms with Crippen LogP contribution in [0.5, 0.6) is 0 Å². The van der Waals surface area contributed by atoms with Gasteiger partial charge in [-0.15, -0.1) is 0 Å². The van der Waals surface area contributed by atoms with Crippen molar-refractivity contribution in [2.45, 2.75) is 5.03 Å². The molecule has 0 aliphatic carbocycles. The highest BCUT2D eigenvalue weighted by Gasteiger charge is 2.27. The average molecular weight is 281 g/mol. The van der Waals surface area contributed by atoms with Gasteiger partial charge in [-0.25, -0.2) is 9.37 Å². The van der Waals surface area contributed by atoms with Crippen molar-refractivity contribution >= 4 is 21.4 Å². The monoisotopic (exact) mass is 281 g/mol. The lowest BCUT2D eigenvalue weighted by molar-refractivity contribution is 0.552. The maximum Gasteiger partial charge on any atom is 0.284 e. The van der Waals surface area contributed by atoms with Gasteiger partial charge in [-0.3, -0.25) is 4.31 Å². The number of benzene rings is 1. The summed E-state index contributed by atoms with van der Waals surface area (Å²) in [6.07, 6.45) is 1.22. The van der Waals surface area contributed by atoms with E-state index in [1.54, 1.807) is 18.2 Å². The van der Waals surface area contributed by atoms with Crippen LogP contribution in [-0.2, 0) is 10.0 Å². The fourth-order valence-corrected chi connectivity index (χ4v) is 2.79. The van der Waals surface area contributed by atoms with Crippen LogP contribution in [0.25, 0.3) is 0 Å². The van der Waals surface area contributed by atoms with Gasteiger partial charge >= 0.3 is 0 Å². The molecule has 100 valence electrons. The minimum atomic E-state index is -4.08. The fourth-order valence-electron chi connectivity index (χ4n) is 1.59. The van der Waals surface area contributed by atoms with E-state index in [9.17, 15) is 12.8 Å². The maximum atomic E-state index is 13.6. The molecule has 7 heteroatoms. The molecular weight excluding hydrogens is 269 g/mol. The molecule has 5 nitrogen and oxygen atoms in total. The average Bonchev–Trinajstić information content (AvgIpc) is 2.39. The van der Waals surface area contributed by atoms with Crippen molar-refractivity contribution in [2.24, 2.45) is 0 Å². The Balaban J connectivity index is 2.52. The Bertz CT molecular complexity index is 704. The van der Waals surface area contributed by atoms with Gasteiger partial charge in [0.1, 0.15) is 0 Å². The first-order valence-electron chi connectivity index (χ1n) is 5.38. The van der Waals surface area contributed by atoms with Gasteiger partial charge < -0.3 is 5.73 Å². The number of halogens is 1. The predicted molar refractivity (Wildman–Crippen MR) is 70.6 cm³/mol. The summed E-state index contributed by atoms with van der Waals surface area (Å²) in [5.74, 6) is -0.899. The summed E-state index contributed by atoms with van der Waals surface area (Å²) < 4.78 is 39.0. The van der Waals surface area contributed by atoms with E-state index in [0.29, 0.717) is 0 Å². The number of sulfonamides is 1. The standard InChI is InChI=1S/C12H12FN3O2S/c1-16(11-7-3-2-6-10(11)14)19(17,18)12-9(13)5-4-8-15-12/h2-8H,14H2,1H3. The van der Waals surface area contributed by atoms with Crippen molar-refractivity contribution in [3.63, 3.8) is 0 Å². The molecule has 2 rings (SSSR count). The number of hydrogen-bond donors (Lipinski definition) is 1. The molecule has 19 heavy (non-hydrogen) atoms. The van der Waals surface area contributed by atoms with Crippen LogP contribution in [0.15, 0.2) is 47.6 Å². The maximum absolute atomic E-state index is 13.6. The molecule has 2 aromatic rings. The number of nitrogens with zero attached hydrogens (tertiary/aromatic N) is 2. The smallest absolute Gasteiger partial charge is 0.284 e. The Hall–Kier alpha value is -2.15. The highest BCUT2D eigenvalue weighted by atomic mass is 32.2. The first kappa shape index (κ1) is 13.3. The Kier molecular flexibility index (Phi) is 3.39. The molecular formula is C12H12FN3O2S. The lowest BCUT2D eigenvalue weighted by atomic mass is 10.3. The Morgan fingerprint density at radius 2 is 1.89 bits per heavy atom. The lowest BCUT2D eigenvalue weighted by Crippen LogP contribution is -2.28. The van der Waals surface area contributed by atoms with E-state index in [4.69, 9.17) is 5.73 Å². The number of rotatable bonds is 3. The molecule has 0 atom stereocenters. The van der Waals surface area contributed by atoms with Crippen LogP contribution in [0.1, 0.15) is 0 Å². The predicted octanol–water partition coefficient (Wildman–Crippen LogP) is 1.63. The van der Waals surface area contributed by atoms with Gasteiger partial charge in [-0.05, 0) is 24.3 Å². The van der Waals surface area contributed by atoms with E-state index in [0.717, 1.165) is 10.4 Å². The van der Waals surface area contributed by atoms with Gasteiger partial charge in [0.25, 0.3) is 10.0 Å². The second-order valence-corrected chi connectivity index (χ2v) is 5.71. The third-order valence-corrected chi connectivity index (χ3v) is 4.31. The second kappa shape index (κ2) is 4.85. The van der Waals surface area contributed by atoms with Crippen molar-refractivity contribution in [3.05, 3.63) is 48.4 Å². The molecule has 0 radical (unpaired) electrons. The minimum absolute atomic E-state index is 0.271. The number of nitrogen functional groups attached to an aromatic ring is 1. The molecule has 0 aliphatic rings. The van der Waals surface area contributed by atoms with Crippen LogP contribution in [-0.4, -0.2) is 20.4 Å². The Labute approximate surface area is 110 Å². The molecule has 0 saturated carbocycles. The highest BCUT2D eigenvalue weighted by Crippen LogP contribution is 2.26. The van der Waals surface area contributed by atoms with Gasteiger partial charge in [0.2, 0.25) is 5.03 Å². The van der Waals surface area contributed by atoms with Gasteiger partial charge in [0.05, 0.1) is 11.4 Å². The Morgan fingerprint density at radius 3 is 2.53 bits per heavy atom. The van der Waals surface area contributed by atoms with E-state index in [-0.39, 0.29) is 11.4 Å². The van der Waals surface area contributed by atoms with Crippen molar-refractivity contribution < 1.29 is 12.8 Å². The molecule has 1 aromatic heterocycles. The Morgan fingerprint density at radius 1 is 1.21 bits per heavy atom. The SMILES string of the molecule is CN(c1ccccc1N)S(=O)(=O)c1ncccc1F. The number of anilines is 2. The van der Waals surface area contributed by atoms with Gasteiger partial charge in [-0.1, -0.05) is 12.1 Å². The molecule has 1 aromatic carbocycles. The summed E-state index contributed by atoms with van der Waals surface area (Å²) in [6, 6.07) is 8.80. The number of para-hydroxylation sites is 2. The molecule has 0 spiro atoms. The van der Waals surface area contributed by atoms with Crippen LogP contribution < -0.4 is 10.0 Å². The highest BCUT2D eigenvalue weighted by molar-refractivity contribution is 7.92. The molecule has 0 fully saturated rings. The molecule has 0 aliphatic heterocycles. The third kappa shape index (κ3) is 2.37. The second-order valence-electron chi connectivity index (χ2n) is 3.82. The molecule has 0 bridgehead atoms. The minimum Gasteiger partial charge on any atom is -0.397 e. The van der Waals surface area contributed by atoms with Crippen LogP contribution in [0.4, 0.5) is 15.8 Å². The van der Waals surface area contributed by atoms with Crippen molar-refractivity contribution in [3.8, 4) is 0 Å². The van der Waals surface area contributed by atoms with Crippen LogP contribution >= 0.6 is 0 Å². The van der Waals surface area contributed by atoms with E-state index in [2.05, 4.69) is 4.98 Å². The van der Waals surface area contributed by atoms with Crippen molar-refractivity contribution in [1.29, 1.82) is 0 Å². The summed E-state index contributed by atoms with van der Waals surface area (Å²) >= 11 is 0. The normalized spacial score (nSPS) is 11.3. The van der Waals surface area contributed by atoms with Crippen LogP contribution in [0, 0.1) is 5.82 Å². The number of hydrogen-bond acceptors (Lipinski definition) is 4. The molecule has 0 saturated heterocycles. The van der Waals surface area contributed by atoms with Gasteiger partial charge in [0.15, 0.2) is 5.82 Å². The first-order valence-corrected chi connectivity index (χ1v) is 6.82. The van der Waals surface area contributed by atoms with Crippen LogP contribution in [0.2, 0.25) is 0 Å². The van der Waals surface area contributed by atoms with Crippen molar-refractivity contribution in [2.75, 3.05) is 17.1 Å². The fraction of sp³-hybridized carbons (Fsp3) is 0.0833. The van der Waals surface area contributed by atoms with E-state index >= 15 is 0 Å². The first-order chi connectivity index (χ1) is 8.94. The quantitative estimate of drug-likeness (QED) is 0.867. The topological polar surface area (TPSA) is 76.3 Å². The number of aromatic nitrogens is 1. The molecule has 1 heterocycles. The zero-order valence-electron chi connectivity index (χ0n) is 10.1. The summed E-state index contributed by atoms with van der Waals surface area (Å²) in [5.41, 5.74) is 6.27. The lowest BCUT2D eigenvalue weighted by Gasteiger charge is -2.20. The molecule has 2 N–H and O–H groups in total. The van der Waals surface area contributed by atoms with Crippen molar-refractivity contribution in [1.82, 2.24) is 4.98 Å². The summed E-state index contributed by atoms with van der Waals surface area (Å²) in [5, 5.41) is -0.624. The zero-order chi connectivity index (χ0) is 14.0. The van der Waals surface area contributed by atoms with Gasteiger partial charge in [-0.2, -0.15) is 8.42 Å². The largest absolute Gasteiger partial charge is 0.397 e. The molecule has 0 amide bonds. The molecule has 0 unspecified atom stereocenters.